The first-order chi connectivity index (χ1) is 20.1. The average Bonchev–Trinajstić information content (AvgIpc) is 3.39. The molecule has 13 heteroatoms. The molecule has 11 N–H and O–H groups in total. The van der Waals surface area contributed by atoms with Crippen LogP contribution in [0.15, 0.2) is 54.7 Å². The minimum atomic E-state index is -1.28. The molecule has 0 aliphatic rings. The van der Waals surface area contributed by atoms with Gasteiger partial charge in [-0.3, -0.25) is 14.4 Å². The lowest BCUT2D eigenvalue weighted by atomic mass is 10.0. The Morgan fingerprint density at radius 3 is 2.14 bits per heavy atom. The Kier molecular flexibility index (Phi) is 11.8. The number of benzene rings is 2. The van der Waals surface area contributed by atoms with Crippen molar-refractivity contribution in [2.24, 2.45) is 11.5 Å². The van der Waals surface area contributed by atoms with E-state index in [0.717, 1.165) is 10.9 Å². The number of aromatic amines is 1. The second kappa shape index (κ2) is 15.5. The fourth-order valence-electron chi connectivity index (χ4n) is 4.47. The number of aliphatic carboxylic acids is 1. The topological polar surface area (TPSA) is 233 Å². The molecule has 0 radical (unpaired) electrons. The van der Waals surface area contributed by atoms with Crippen LogP contribution in [0.25, 0.3) is 10.9 Å². The van der Waals surface area contributed by atoms with Crippen LogP contribution in [-0.2, 0) is 32.0 Å². The van der Waals surface area contributed by atoms with Crippen LogP contribution < -0.4 is 27.4 Å². The van der Waals surface area contributed by atoms with Gasteiger partial charge in [-0.05, 0) is 55.1 Å². The van der Waals surface area contributed by atoms with E-state index in [-0.39, 0.29) is 25.0 Å². The third kappa shape index (κ3) is 9.03. The molecule has 0 spiro atoms. The van der Waals surface area contributed by atoms with E-state index in [1.54, 1.807) is 18.3 Å². The summed E-state index contributed by atoms with van der Waals surface area (Å²) in [6.07, 6.45) is 2.90. The predicted octanol–water partition coefficient (Wildman–Crippen LogP) is -0.354. The monoisotopic (exact) mass is 582 g/mol. The Labute approximate surface area is 242 Å². The van der Waals surface area contributed by atoms with Crippen LogP contribution in [0.2, 0.25) is 0 Å². The van der Waals surface area contributed by atoms with Gasteiger partial charge in [0, 0.05) is 29.9 Å². The molecule has 0 bridgehead atoms. The summed E-state index contributed by atoms with van der Waals surface area (Å²) in [6, 6.07) is 8.52. The number of hydrogen-bond acceptors (Lipinski definition) is 8. The molecule has 13 nitrogen and oxygen atoms in total. The second-order valence-electron chi connectivity index (χ2n) is 10.0. The quantitative estimate of drug-likeness (QED) is 0.100. The van der Waals surface area contributed by atoms with Crippen molar-refractivity contribution in [2.75, 3.05) is 13.2 Å². The molecular formula is C29H38N6O7. The van der Waals surface area contributed by atoms with E-state index in [1.165, 1.54) is 12.1 Å². The number of phenolic OH excluding ortho intramolecular Hbond substituents is 1. The molecular weight excluding hydrogens is 544 g/mol. The Hall–Kier alpha value is -4.46. The molecule has 1 aromatic heterocycles. The van der Waals surface area contributed by atoms with Crippen molar-refractivity contribution in [1.82, 2.24) is 20.9 Å². The smallest absolute Gasteiger partial charge is 0.326 e. The molecule has 3 amide bonds. The number of carboxylic acid groups (broad SMARTS) is 1. The van der Waals surface area contributed by atoms with Gasteiger partial charge >= 0.3 is 5.97 Å². The van der Waals surface area contributed by atoms with Crippen molar-refractivity contribution in [1.29, 1.82) is 0 Å². The summed E-state index contributed by atoms with van der Waals surface area (Å²) in [7, 11) is 0. The first kappa shape index (κ1) is 32.1. The number of hydrogen-bond donors (Lipinski definition) is 9. The van der Waals surface area contributed by atoms with Crippen molar-refractivity contribution in [2.45, 2.75) is 56.3 Å². The lowest BCUT2D eigenvalue weighted by Gasteiger charge is -2.25. The number of fused-ring (bicyclic) bond motifs is 1. The highest BCUT2D eigenvalue weighted by molar-refractivity contribution is 5.94. The number of nitrogens with one attached hydrogen (secondary N) is 4. The van der Waals surface area contributed by atoms with Crippen LogP contribution in [0.1, 0.15) is 30.4 Å². The fraction of sp³-hybridized carbons (Fsp3) is 0.379. The number of amides is 3. The zero-order valence-electron chi connectivity index (χ0n) is 23.1. The van der Waals surface area contributed by atoms with Crippen molar-refractivity contribution in [3.63, 3.8) is 0 Å². The van der Waals surface area contributed by atoms with E-state index in [1.807, 2.05) is 24.3 Å². The van der Waals surface area contributed by atoms with E-state index in [2.05, 4.69) is 20.9 Å². The molecule has 42 heavy (non-hydrogen) atoms. The SMILES string of the molecule is NCCCCC(NC(=O)C(Cc1ccc(O)cc1)NC(=O)C(N)CO)C(=O)NC(Cc1c[nH]c2ccccc12)C(=O)O. The summed E-state index contributed by atoms with van der Waals surface area (Å²) < 4.78 is 0. The zero-order valence-corrected chi connectivity index (χ0v) is 23.1. The maximum absolute atomic E-state index is 13.4. The highest BCUT2D eigenvalue weighted by Gasteiger charge is 2.30. The molecule has 0 aliphatic heterocycles. The summed E-state index contributed by atoms with van der Waals surface area (Å²) in [4.78, 5) is 54.5. The van der Waals surface area contributed by atoms with E-state index >= 15 is 0 Å². The highest BCUT2D eigenvalue weighted by atomic mass is 16.4. The van der Waals surface area contributed by atoms with Crippen LogP contribution in [0, 0.1) is 0 Å². The van der Waals surface area contributed by atoms with Gasteiger partial charge in [0.25, 0.3) is 0 Å². The van der Waals surface area contributed by atoms with Crippen molar-refractivity contribution < 1.29 is 34.5 Å². The van der Waals surface area contributed by atoms with Gasteiger partial charge in [-0.2, -0.15) is 0 Å². The van der Waals surface area contributed by atoms with Gasteiger partial charge in [0.05, 0.1) is 6.61 Å². The molecule has 4 atom stereocenters. The van der Waals surface area contributed by atoms with Crippen LogP contribution in [0.3, 0.4) is 0 Å². The maximum atomic E-state index is 13.4. The standard InChI is InChI=1S/C29H38N6O7/c30-12-4-3-7-23(27(39)35-25(29(41)42)14-18-15-32-22-6-2-1-5-20(18)22)33-28(40)24(34-26(38)21(31)16-36)13-17-8-10-19(37)11-9-17/h1-2,5-6,8-11,15,21,23-25,32,36-37H,3-4,7,12-14,16,30-31H2,(H,33,40)(H,34,38)(H,35,39)(H,41,42). The molecule has 0 saturated carbocycles. The number of carbonyl (C=O) groups excluding carboxylic acids is 3. The van der Waals surface area contributed by atoms with Crippen LogP contribution >= 0.6 is 0 Å². The van der Waals surface area contributed by atoms with Gasteiger partial charge < -0.3 is 47.7 Å². The van der Waals surface area contributed by atoms with Crippen molar-refractivity contribution in [3.05, 3.63) is 65.9 Å². The van der Waals surface area contributed by atoms with Gasteiger partial charge in [-0.1, -0.05) is 30.3 Å². The molecule has 3 rings (SSSR count). The van der Waals surface area contributed by atoms with Crippen LogP contribution in [0.4, 0.5) is 0 Å². The third-order valence-corrected chi connectivity index (χ3v) is 6.84. The highest BCUT2D eigenvalue weighted by Crippen LogP contribution is 2.19. The van der Waals surface area contributed by atoms with Crippen molar-refractivity contribution in [3.8, 4) is 5.75 Å². The summed E-state index contributed by atoms with van der Waals surface area (Å²) in [5, 5.41) is 37.3. The number of aliphatic hydroxyl groups excluding tert-OH is 1. The number of para-hydroxylation sites is 1. The summed E-state index contributed by atoms with van der Waals surface area (Å²) >= 11 is 0. The number of aliphatic hydroxyl groups is 1. The average molecular weight is 583 g/mol. The largest absolute Gasteiger partial charge is 0.508 e. The van der Waals surface area contributed by atoms with Gasteiger partial charge in [0.1, 0.15) is 29.9 Å². The van der Waals surface area contributed by atoms with Crippen LogP contribution in [-0.4, -0.2) is 81.3 Å². The summed E-state index contributed by atoms with van der Waals surface area (Å²) in [5.41, 5.74) is 13.4. The summed E-state index contributed by atoms with van der Waals surface area (Å²) in [6.45, 7) is -0.282. The van der Waals surface area contributed by atoms with Crippen LogP contribution in [0.5, 0.6) is 5.75 Å². The number of H-pyrrole nitrogens is 1. The molecule has 2 aromatic carbocycles. The van der Waals surface area contributed by atoms with E-state index < -0.39 is 54.5 Å². The third-order valence-electron chi connectivity index (χ3n) is 6.84. The first-order valence-corrected chi connectivity index (χ1v) is 13.7. The number of carboxylic acids is 1. The lowest BCUT2D eigenvalue weighted by molar-refractivity contribution is -0.142. The van der Waals surface area contributed by atoms with Gasteiger partial charge in [0.2, 0.25) is 17.7 Å². The molecule has 0 fully saturated rings. The Morgan fingerprint density at radius 1 is 0.833 bits per heavy atom. The normalized spacial score (nSPS) is 14.0. The van der Waals surface area contributed by atoms with E-state index in [4.69, 9.17) is 11.5 Å². The number of nitrogens with two attached hydrogens (primary N) is 2. The molecule has 1 heterocycles. The number of carbonyl (C=O) groups is 4. The Morgan fingerprint density at radius 2 is 1.48 bits per heavy atom. The number of aromatic hydroxyl groups is 1. The van der Waals surface area contributed by atoms with Gasteiger partial charge in [-0.15, -0.1) is 0 Å². The molecule has 226 valence electrons. The number of phenols is 1. The fourth-order valence-corrected chi connectivity index (χ4v) is 4.47. The maximum Gasteiger partial charge on any atom is 0.326 e. The second-order valence-corrected chi connectivity index (χ2v) is 10.0. The lowest BCUT2D eigenvalue weighted by Crippen LogP contribution is -2.58. The van der Waals surface area contributed by atoms with Gasteiger partial charge in [0.15, 0.2) is 0 Å². The van der Waals surface area contributed by atoms with E-state index in [0.29, 0.717) is 30.5 Å². The number of rotatable bonds is 16. The van der Waals surface area contributed by atoms with Crippen molar-refractivity contribution >= 4 is 34.6 Å². The molecule has 3 aromatic rings. The number of aromatic nitrogens is 1. The molecule has 0 saturated heterocycles. The Bertz CT molecular complexity index is 1360. The number of unbranched alkanes of at least 4 members (excludes halogenated alkanes) is 1. The molecule has 4 unspecified atom stereocenters. The minimum Gasteiger partial charge on any atom is -0.508 e. The summed E-state index contributed by atoms with van der Waals surface area (Å²) in [5.74, 6) is -3.41. The molecule has 0 aliphatic carbocycles. The first-order valence-electron chi connectivity index (χ1n) is 13.7. The van der Waals surface area contributed by atoms with E-state index in [9.17, 15) is 34.5 Å². The minimum absolute atomic E-state index is 0.00708. The van der Waals surface area contributed by atoms with Gasteiger partial charge in [-0.25, -0.2) is 4.79 Å². The Balaban J connectivity index is 1.79. The predicted molar refractivity (Wildman–Crippen MR) is 155 cm³/mol. The zero-order chi connectivity index (χ0) is 30.6.